The smallest absolute Gasteiger partial charge is 0.257 e. The maximum Gasteiger partial charge on any atom is 0.257 e. The van der Waals surface area contributed by atoms with E-state index in [1.807, 2.05) is 6.07 Å². The minimum absolute atomic E-state index is 0.142. The number of carbonyl (C=O) groups excluding carboxylic acids is 1. The summed E-state index contributed by atoms with van der Waals surface area (Å²) >= 11 is 6.23. The summed E-state index contributed by atoms with van der Waals surface area (Å²) in [6, 6.07) is 3.89. The van der Waals surface area contributed by atoms with E-state index in [1.54, 1.807) is 6.07 Å². The molecule has 0 saturated carbocycles. The van der Waals surface area contributed by atoms with Crippen molar-refractivity contribution in [2.45, 2.75) is 18.9 Å². The van der Waals surface area contributed by atoms with Crippen molar-refractivity contribution in [2.75, 3.05) is 25.1 Å². The van der Waals surface area contributed by atoms with E-state index in [1.165, 1.54) is 0 Å². The molecule has 3 rings (SSSR count). The van der Waals surface area contributed by atoms with Crippen LogP contribution >= 0.6 is 11.6 Å². The van der Waals surface area contributed by atoms with E-state index in [9.17, 15) is 4.79 Å². The molecule has 1 saturated heterocycles. The number of hydrogen-bond donors (Lipinski definition) is 3. The van der Waals surface area contributed by atoms with Gasteiger partial charge in [-0.05, 0) is 32.0 Å². The number of ether oxygens (including phenoxy) is 1. The fourth-order valence-corrected chi connectivity index (χ4v) is 2.64. The van der Waals surface area contributed by atoms with Gasteiger partial charge in [0.25, 0.3) is 5.91 Å². The van der Waals surface area contributed by atoms with Gasteiger partial charge in [0.15, 0.2) is 6.73 Å². The molecule has 0 atom stereocenters. The minimum atomic E-state index is -0.142. The van der Waals surface area contributed by atoms with Gasteiger partial charge in [-0.2, -0.15) is 0 Å². The molecule has 1 aromatic rings. The number of nitrogens with one attached hydrogen (secondary N) is 3. The average molecular weight is 282 g/mol. The van der Waals surface area contributed by atoms with Crippen molar-refractivity contribution in [3.05, 3.63) is 22.7 Å². The van der Waals surface area contributed by atoms with E-state index in [0.717, 1.165) is 31.6 Å². The molecule has 0 aliphatic carbocycles. The quantitative estimate of drug-likeness (QED) is 0.770. The first-order valence-corrected chi connectivity index (χ1v) is 6.83. The number of benzene rings is 1. The Hall–Kier alpha value is -1.46. The molecule has 1 aromatic carbocycles. The first kappa shape index (κ1) is 12.6. The lowest BCUT2D eigenvalue weighted by molar-refractivity contribution is 0.0883. The van der Waals surface area contributed by atoms with Crippen LogP contribution in [0.5, 0.6) is 5.75 Å². The molecular weight excluding hydrogens is 266 g/mol. The number of amides is 1. The van der Waals surface area contributed by atoms with Crippen molar-refractivity contribution in [3.63, 3.8) is 0 Å². The lowest BCUT2D eigenvalue weighted by atomic mass is 10.1. The third-order valence-electron chi connectivity index (χ3n) is 3.47. The summed E-state index contributed by atoms with van der Waals surface area (Å²) in [5, 5.41) is 9.92. The lowest BCUT2D eigenvalue weighted by Gasteiger charge is -2.26. The Kier molecular flexibility index (Phi) is 3.48. The highest BCUT2D eigenvalue weighted by Crippen LogP contribution is 2.33. The number of halogens is 1. The van der Waals surface area contributed by atoms with Gasteiger partial charge >= 0.3 is 0 Å². The zero-order chi connectivity index (χ0) is 13.2. The number of piperidine rings is 1. The van der Waals surface area contributed by atoms with Crippen molar-refractivity contribution in [1.29, 1.82) is 0 Å². The molecule has 2 aliphatic heterocycles. The van der Waals surface area contributed by atoms with Crippen molar-refractivity contribution < 1.29 is 9.53 Å². The van der Waals surface area contributed by atoms with Crippen LogP contribution in [0.25, 0.3) is 0 Å². The second-order valence-corrected chi connectivity index (χ2v) is 5.20. The molecule has 5 nitrogen and oxygen atoms in total. The molecule has 3 N–H and O–H groups in total. The second-order valence-electron chi connectivity index (χ2n) is 4.79. The van der Waals surface area contributed by atoms with Gasteiger partial charge in [-0.25, -0.2) is 0 Å². The molecule has 0 spiro atoms. The predicted molar refractivity (Wildman–Crippen MR) is 73.9 cm³/mol. The van der Waals surface area contributed by atoms with Crippen LogP contribution in [-0.4, -0.2) is 31.8 Å². The summed E-state index contributed by atoms with van der Waals surface area (Å²) in [6.45, 7) is 2.23. The van der Waals surface area contributed by atoms with Crippen molar-refractivity contribution in [3.8, 4) is 5.75 Å². The van der Waals surface area contributed by atoms with Gasteiger partial charge in [0.05, 0.1) is 16.3 Å². The van der Waals surface area contributed by atoms with Crippen molar-refractivity contribution in [2.24, 2.45) is 0 Å². The molecule has 2 heterocycles. The van der Waals surface area contributed by atoms with Crippen molar-refractivity contribution in [1.82, 2.24) is 10.6 Å². The zero-order valence-corrected chi connectivity index (χ0v) is 11.2. The van der Waals surface area contributed by atoms with Gasteiger partial charge in [0.1, 0.15) is 5.75 Å². The van der Waals surface area contributed by atoms with Crippen LogP contribution in [0.4, 0.5) is 5.69 Å². The molecule has 0 unspecified atom stereocenters. The summed E-state index contributed by atoms with van der Waals surface area (Å²) in [6.07, 6.45) is 2.13. The highest BCUT2D eigenvalue weighted by Gasteiger charge is 2.21. The van der Waals surface area contributed by atoms with E-state index in [4.69, 9.17) is 16.3 Å². The van der Waals surface area contributed by atoms with Crippen LogP contribution in [0.15, 0.2) is 12.1 Å². The van der Waals surface area contributed by atoms with Gasteiger partial charge in [0, 0.05) is 12.1 Å². The molecule has 0 radical (unpaired) electrons. The standard InChI is InChI=1S/C13H16ClN3O2/c14-10-5-9-12(19-7-16-13(9)18)6-11(10)17-8-1-3-15-4-2-8/h5-6,8,15,17H,1-4,7H2,(H,16,18). The van der Waals surface area contributed by atoms with E-state index in [-0.39, 0.29) is 12.6 Å². The molecule has 0 bridgehead atoms. The molecule has 1 fully saturated rings. The zero-order valence-electron chi connectivity index (χ0n) is 10.5. The minimum Gasteiger partial charge on any atom is -0.472 e. The van der Waals surface area contributed by atoms with Gasteiger partial charge in [-0.3, -0.25) is 4.79 Å². The third kappa shape index (κ3) is 2.62. The molecule has 1 amide bonds. The Balaban J connectivity index is 1.83. The maximum absolute atomic E-state index is 11.7. The normalized spacial score (nSPS) is 19.3. The number of rotatable bonds is 2. The maximum atomic E-state index is 11.7. The number of anilines is 1. The van der Waals surface area contributed by atoms with Crippen molar-refractivity contribution >= 4 is 23.2 Å². The first-order chi connectivity index (χ1) is 9.24. The average Bonchev–Trinajstić information content (AvgIpc) is 2.42. The largest absolute Gasteiger partial charge is 0.472 e. The SMILES string of the molecule is O=C1NCOc2cc(NC3CCNCC3)c(Cl)cc21. The molecule has 19 heavy (non-hydrogen) atoms. The van der Waals surface area contributed by atoms with Crippen LogP contribution in [-0.2, 0) is 0 Å². The van der Waals surface area contributed by atoms with E-state index in [2.05, 4.69) is 16.0 Å². The summed E-state index contributed by atoms with van der Waals surface area (Å²) in [4.78, 5) is 11.7. The van der Waals surface area contributed by atoms with Crippen LogP contribution in [0.1, 0.15) is 23.2 Å². The first-order valence-electron chi connectivity index (χ1n) is 6.46. The molecule has 0 aromatic heterocycles. The predicted octanol–water partition coefficient (Wildman–Crippen LogP) is 1.58. The summed E-state index contributed by atoms with van der Waals surface area (Å²) < 4.78 is 5.44. The molecular formula is C13H16ClN3O2. The lowest BCUT2D eigenvalue weighted by Crippen LogP contribution is -2.35. The number of fused-ring (bicyclic) bond motifs is 1. The van der Waals surface area contributed by atoms with E-state index >= 15 is 0 Å². The molecule has 2 aliphatic rings. The van der Waals surface area contributed by atoms with Crippen LogP contribution in [0, 0.1) is 0 Å². The van der Waals surface area contributed by atoms with Crippen LogP contribution in [0.2, 0.25) is 5.02 Å². The molecule has 6 heteroatoms. The Morgan fingerprint density at radius 2 is 2.11 bits per heavy atom. The fourth-order valence-electron chi connectivity index (χ4n) is 2.42. The number of carbonyl (C=O) groups is 1. The van der Waals surface area contributed by atoms with Gasteiger partial charge in [-0.1, -0.05) is 11.6 Å². The summed E-state index contributed by atoms with van der Waals surface area (Å²) in [5.74, 6) is 0.446. The molecule has 102 valence electrons. The summed E-state index contributed by atoms with van der Waals surface area (Å²) in [5.41, 5.74) is 1.33. The Bertz CT molecular complexity index is 501. The monoisotopic (exact) mass is 281 g/mol. The Labute approximate surface area is 116 Å². The highest BCUT2D eigenvalue weighted by atomic mass is 35.5. The van der Waals surface area contributed by atoms with Crippen LogP contribution < -0.4 is 20.7 Å². The van der Waals surface area contributed by atoms with E-state index < -0.39 is 0 Å². The number of hydrogen-bond acceptors (Lipinski definition) is 4. The van der Waals surface area contributed by atoms with Gasteiger partial charge in [0.2, 0.25) is 0 Å². The second kappa shape index (κ2) is 5.27. The topological polar surface area (TPSA) is 62.4 Å². The highest BCUT2D eigenvalue weighted by molar-refractivity contribution is 6.33. The van der Waals surface area contributed by atoms with Crippen LogP contribution in [0.3, 0.4) is 0 Å². The Morgan fingerprint density at radius 3 is 2.89 bits per heavy atom. The van der Waals surface area contributed by atoms with Gasteiger partial charge < -0.3 is 20.7 Å². The van der Waals surface area contributed by atoms with E-state index in [0.29, 0.717) is 22.4 Å². The summed E-state index contributed by atoms with van der Waals surface area (Å²) in [7, 11) is 0. The van der Waals surface area contributed by atoms with Gasteiger partial charge in [-0.15, -0.1) is 0 Å². The third-order valence-corrected chi connectivity index (χ3v) is 3.79. The Morgan fingerprint density at radius 1 is 1.32 bits per heavy atom. The fraction of sp³-hybridized carbons (Fsp3) is 0.462.